The van der Waals surface area contributed by atoms with Crippen LogP contribution in [0.15, 0.2) is 143 Å². The number of anilines is 4. The van der Waals surface area contributed by atoms with E-state index in [1.165, 1.54) is 55.1 Å². The lowest BCUT2D eigenvalue weighted by atomic mass is 9.87. The van der Waals surface area contributed by atoms with Crippen LogP contribution in [0.25, 0.3) is 43.6 Å². The third-order valence-corrected chi connectivity index (χ3v) is 29.7. The highest BCUT2D eigenvalue weighted by Gasteiger charge is 2.36. The molecular weight excluding hydrogens is 1670 g/mol. The van der Waals surface area contributed by atoms with Crippen molar-refractivity contribution in [3.8, 4) is 0 Å². The van der Waals surface area contributed by atoms with Crippen molar-refractivity contribution in [2.45, 2.75) is 262 Å². The number of aromatic nitrogens is 11. The number of likely N-dealkylation sites (N-methyl/N-ethyl adjacent to an activating group) is 4. The number of benzene rings is 4. The summed E-state index contributed by atoms with van der Waals surface area (Å²) in [6, 6.07) is 38.1. The lowest BCUT2D eigenvalue weighted by Crippen LogP contribution is -2.55. The summed E-state index contributed by atoms with van der Waals surface area (Å²) in [4.78, 5) is 98.2. The van der Waals surface area contributed by atoms with Gasteiger partial charge >= 0.3 is 0 Å². The molecule has 0 amide bonds. The minimum Gasteiger partial charge on any atom is -0.420 e. The average Bonchev–Trinajstić information content (AvgIpc) is 1.23. The lowest BCUT2D eigenvalue weighted by molar-refractivity contribution is 0.0922. The van der Waals surface area contributed by atoms with Gasteiger partial charge < -0.3 is 48.4 Å². The zero-order chi connectivity index (χ0) is 94.1. The molecule has 4 aliphatic heterocycles. The Bertz CT molecular complexity index is 4920. The fourth-order valence-electron chi connectivity index (χ4n) is 19.6. The van der Waals surface area contributed by atoms with E-state index in [0.717, 1.165) is 157 Å². The third kappa shape index (κ3) is 26.3. The minimum absolute atomic E-state index is 0.0533. The topological polar surface area (TPSA) is 277 Å². The summed E-state index contributed by atoms with van der Waals surface area (Å²) >= 11 is 1.46. The number of fused-ring (bicyclic) bond motifs is 4. The highest BCUT2D eigenvalue weighted by Crippen LogP contribution is 2.36. The van der Waals surface area contributed by atoms with Crippen molar-refractivity contribution in [1.29, 1.82) is 0 Å². The Kier molecular flexibility index (Phi) is 34.8. The van der Waals surface area contributed by atoms with Crippen LogP contribution in [0.4, 0.5) is 23.1 Å². The molecule has 4 aliphatic rings. The van der Waals surface area contributed by atoms with Crippen molar-refractivity contribution in [1.82, 2.24) is 74.9 Å². The van der Waals surface area contributed by atoms with Crippen LogP contribution in [-0.2, 0) is 25.7 Å². The Hall–Kier alpha value is -10.1. The van der Waals surface area contributed by atoms with Crippen molar-refractivity contribution in [2.24, 2.45) is 47.3 Å². The van der Waals surface area contributed by atoms with Gasteiger partial charge in [-0.25, -0.2) is 9.97 Å². The molecule has 712 valence electrons. The third-order valence-electron chi connectivity index (χ3n) is 28.7. The molecule has 8 aromatic heterocycles. The zero-order valence-electron chi connectivity index (χ0n) is 82.5. The number of oxazole rings is 2. The molecule has 5 N–H and O–H groups in total. The van der Waals surface area contributed by atoms with Crippen LogP contribution in [0.1, 0.15) is 252 Å². The van der Waals surface area contributed by atoms with Crippen LogP contribution in [-0.4, -0.2) is 227 Å². The Labute approximate surface area is 787 Å². The summed E-state index contributed by atoms with van der Waals surface area (Å²) in [5.74, 6) is 5.68. The summed E-state index contributed by atoms with van der Waals surface area (Å²) in [7, 11) is 8.64. The Morgan fingerprint density at radius 2 is 0.659 bits per heavy atom. The van der Waals surface area contributed by atoms with Crippen LogP contribution in [0, 0.1) is 47.3 Å². The fraction of sp³-hybridized carbons (Fsp3) is 0.566. The molecule has 12 atom stereocenters. The van der Waals surface area contributed by atoms with Gasteiger partial charge in [0.05, 0.1) is 12.4 Å². The maximum Gasteiger partial charge on any atom is 0.297 e. The van der Waals surface area contributed by atoms with Gasteiger partial charge in [-0.2, -0.15) is 4.98 Å². The number of aromatic amines is 5. The number of piperazine rings is 4. The number of carbonyl (C=O) groups is 4. The molecule has 25 nitrogen and oxygen atoms in total. The van der Waals surface area contributed by atoms with E-state index in [0.29, 0.717) is 144 Å². The maximum absolute atomic E-state index is 13.2. The van der Waals surface area contributed by atoms with E-state index < -0.39 is 0 Å². The first-order valence-electron chi connectivity index (χ1n) is 49.1. The normalized spacial score (nSPS) is 20.6. The first-order valence-corrected chi connectivity index (χ1v) is 50.0. The van der Waals surface area contributed by atoms with Gasteiger partial charge in [-0.15, -0.1) is 15.3 Å². The average molecular weight is 1820 g/mol. The molecule has 0 radical (unpaired) electrons. The number of carbonyl (C=O) groups excluding carboxylic acids is 4. The molecule has 0 saturated carbocycles. The largest absolute Gasteiger partial charge is 0.420 e. The number of rotatable bonds is 36. The number of nitrogens with one attached hydrogen (secondary N) is 5. The Morgan fingerprint density at radius 1 is 0.371 bits per heavy atom. The van der Waals surface area contributed by atoms with E-state index in [9.17, 15) is 19.2 Å². The van der Waals surface area contributed by atoms with Gasteiger partial charge in [-0.3, -0.25) is 43.9 Å². The summed E-state index contributed by atoms with van der Waals surface area (Å²) in [6.45, 7) is 42.7. The quantitative estimate of drug-likeness (QED) is 0.0228. The van der Waals surface area contributed by atoms with E-state index in [1.54, 1.807) is 12.4 Å². The van der Waals surface area contributed by atoms with Crippen LogP contribution in [0.5, 0.6) is 0 Å². The van der Waals surface area contributed by atoms with Gasteiger partial charge in [0.1, 0.15) is 0 Å². The lowest BCUT2D eigenvalue weighted by Gasteiger charge is -2.42. The zero-order valence-corrected chi connectivity index (χ0v) is 83.3. The first kappa shape index (κ1) is 99.4. The van der Waals surface area contributed by atoms with Crippen LogP contribution < -0.4 is 19.6 Å². The van der Waals surface area contributed by atoms with Crippen molar-refractivity contribution in [3.05, 3.63) is 179 Å². The summed E-state index contributed by atoms with van der Waals surface area (Å²) in [5, 5.41) is 22.5. The molecule has 0 spiro atoms. The molecule has 26 heteroatoms. The van der Waals surface area contributed by atoms with Crippen LogP contribution in [0.3, 0.4) is 0 Å². The molecule has 12 aromatic rings. The van der Waals surface area contributed by atoms with E-state index in [-0.39, 0.29) is 40.9 Å². The van der Waals surface area contributed by atoms with Crippen molar-refractivity contribution < 1.29 is 28.0 Å². The van der Waals surface area contributed by atoms with Crippen LogP contribution >= 0.6 is 11.3 Å². The van der Waals surface area contributed by atoms with E-state index in [1.807, 2.05) is 18.2 Å². The number of hydrogen-bond donors (Lipinski definition) is 5. The van der Waals surface area contributed by atoms with Crippen molar-refractivity contribution >= 4 is 101 Å². The molecule has 4 fully saturated rings. The predicted octanol–water partition coefficient (Wildman–Crippen LogP) is 21.2. The molecular formula is C106H151N19O6S. The molecule has 16 rings (SSSR count). The van der Waals surface area contributed by atoms with Gasteiger partial charge in [0.25, 0.3) is 12.0 Å². The second-order valence-electron chi connectivity index (χ2n) is 41.1. The second kappa shape index (κ2) is 46.2. The number of nitrogens with zero attached hydrogens (tertiary/aromatic N) is 14. The highest BCUT2D eigenvalue weighted by molar-refractivity contribution is 7.17. The van der Waals surface area contributed by atoms with Gasteiger partial charge in [0.2, 0.25) is 11.1 Å². The van der Waals surface area contributed by atoms with E-state index in [4.69, 9.17) is 8.83 Å². The van der Waals surface area contributed by atoms with Crippen molar-refractivity contribution in [3.63, 3.8) is 0 Å². The van der Waals surface area contributed by atoms with Gasteiger partial charge in [-0.1, -0.05) is 165 Å². The molecule has 132 heavy (non-hydrogen) atoms. The Morgan fingerprint density at radius 3 is 0.977 bits per heavy atom. The first-order chi connectivity index (χ1) is 63.3. The van der Waals surface area contributed by atoms with E-state index in [2.05, 4.69) is 337 Å². The Balaban J connectivity index is 0.000000150. The van der Waals surface area contributed by atoms with Crippen LogP contribution in [0.2, 0.25) is 0 Å². The predicted molar refractivity (Wildman–Crippen MR) is 539 cm³/mol. The SMILES string of the molecule is CC(C)CCC(CC(=O)c1cnc(N2C[C@@H](C)N(C)[C@@H](C)C2)o1)Cc1c[nH]c2ccccc12.CC(C)CCC(CC(=O)c1cnc(N2C[C@@H](C)N(C)[C@H](C)C2)o1)Cc1c[nH]c2ccccc12.CC(C)CCC(CC(=O)c1nc(N2C[C@@H](C)N(C)[C@H](C)C2)n[nH]1)Cc1c[nH]c2ccccc12.CC(C)CCC(CC(=O)c1nnc(N2C[C@@H](C)N(C)[C@H](C)C2)s1)Cc1c[nH]c2ccccc12. The molecule has 12 heterocycles. The van der Waals surface area contributed by atoms with E-state index >= 15 is 0 Å². The number of Topliss-reactive ketones (excluding diaryl/α,β-unsaturated/α-hetero) is 4. The van der Waals surface area contributed by atoms with Gasteiger partial charge in [-0.05, 0) is 229 Å². The molecule has 0 aliphatic carbocycles. The summed E-state index contributed by atoms with van der Waals surface area (Å²) < 4.78 is 12.0. The summed E-state index contributed by atoms with van der Waals surface area (Å²) in [6.07, 6.45) is 25.7. The fourth-order valence-corrected chi connectivity index (χ4v) is 20.4. The molecule has 4 saturated heterocycles. The highest BCUT2D eigenvalue weighted by atomic mass is 32.1. The standard InChI is InChI=1S/2C27H38N4O2.C26H38N6O.C26H37N5OS/c2*1-18(2)10-11-21(12-22-14-28-24-9-7-6-8-23(22)24)13-25(32)26-15-29-27(33-26)31-16-19(3)30(5)20(4)17-31;1-17(2)10-11-20(12-21-14-27-23-9-7-6-8-22(21)23)13-24(33)25-28-26(30-29-25)32-15-18(3)31(5)19(4)16-32;1-17(2)10-11-20(12-21-14-27-23-9-7-6-8-22(21)23)13-24(32)25-28-29-26(33-25)31-15-18(3)30(5)19(4)16-31/h2*6-9,14-15,18-21,28H,10-13,16-17H2,1-5H3;6-9,14,17-20,27H,10-13,15-16H2,1-5H3,(H,28,29,30);6-9,14,17-20,27H,10-13,15-16H2,1-5H3/t19-,20+,21?;19-,20-,21?;2*18-,19-,20?/m.111/s1. The maximum atomic E-state index is 13.2. The number of ketones is 4. The molecule has 4 unspecified atom stereocenters. The minimum atomic E-state index is 0.0533. The van der Waals surface area contributed by atoms with Gasteiger partial charge in [0, 0.05) is 195 Å². The number of H-pyrrole nitrogens is 5. The smallest absolute Gasteiger partial charge is 0.297 e. The number of para-hydroxylation sites is 4. The monoisotopic (exact) mass is 1820 g/mol. The summed E-state index contributed by atoms with van der Waals surface area (Å²) in [5.41, 5.74) is 9.75. The molecule has 0 bridgehead atoms. The second-order valence-corrected chi connectivity index (χ2v) is 42.0. The molecule has 4 aromatic carbocycles. The van der Waals surface area contributed by atoms with Crippen molar-refractivity contribution in [2.75, 3.05) is 100 Å². The van der Waals surface area contributed by atoms with Gasteiger partial charge in [0.15, 0.2) is 45.5 Å². The number of hydrogen-bond acceptors (Lipinski definition) is 21.